The molecule has 0 saturated heterocycles. The Balaban J connectivity index is 3.31. The molecule has 1 rings (SSSR count). The number of hydrogen-bond acceptors (Lipinski definition) is 2. The summed E-state index contributed by atoms with van der Waals surface area (Å²) in [7, 11) is 0. The van der Waals surface area contributed by atoms with Crippen LogP contribution in [-0.4, -0.2) is 11.4 Å². The highest BCUT2D eigenvalue weighted by molar-refractivity contribution is 5.82. The van der Waals surface area contributed by atoms with Crippen LogP contribution in [0.25, 0.3) is 0 Å². The standard InChI is InChI=1S/C11H14O2/c1-3-8-5-6-9(4-2)11(13)10(8)7-12/h5-7,13H,3-4H2,1-2H3. The Kier molecular flexibility index (Phi) is 3.07. The molecule has 0 fully saturated rings. The van der Waals surface area contributed by atoms with Gasteiger partial charge >= 0.3 is 0 Å². The number of carbonyl (C=O) groups is 1. The number of benzene rings is 1. The van der Waals surface area contributed by atoms with E-state index in [1.54, 1.807) is 0 Å². The molecule has 0 atom stereocenters. The molecule has 0 radical (unpaired) electrons. The van der Waals surface area contributed by atoms with Crippen LogP contribution < -0.4 is 0 Å². The van der Waals surface area contributed by atoms with E-state index in [0.717, 1.165) is 30.3 Å². The predicted octanol–water partition coefficient (Wildman–Crippen LogP) is 2.33. The number of carbonyl (C=O) groups excluding carboxylic acids is 1. The van der Waals surface area contributed by atoms with E-state index in [1.807, 2.05) is 26.0 Å². The molecule has 1 N–H and O–H groups in total. The molecule has 0 unspecified atom stereocenters. The first-order chi connectivity index (χ1) is 6.24. The van der Waals surface area contributed by atoms with Gasteiger partial charge in [-0.3, -0.25) is 4.79 Å². The number of phenols is 1. The zero-order valence-electron chi connectivity index (χ0n) is 8.00. The highest BCUT2D eigenvalue weighted by Crippen LogP contribution is 2.25. The first kappa shape index (κ1) is 9.78. The smallest absolute Gasteiger partial charge is 0.154 e. The third kappa shape index (κ3) is 1.72. The quantitative estimate of drug-likeness (QED) is 0.721. The Bertz CT molecular complexity index is 316. The van der Waals surface area contributed by atoms with Crippen LogP contribution in [0.15, 0.2) is 12.1 Å². The van der Waals surface area contributed by atoms with Crippen LogP contribution in [0.5, 0.6) is 5.75 Å². The minimum atomic E-state index is 0.150. The maximum Gasteiger partial charge on any atom is 0.154 e. The van der Waals surface area contributed by atoms with Gasteiger partial charge in [-0.1, -0.05) is 26.0 Å². The highest BCUT2D eigenvalue weighted by Gasteiger charge is 2.08. The lowest BCUT2D eigenvalue weighted by atomic mass is 10.00. The summed E-state index contributed by atoms with van der Waals surface area (Å²) in [6.45, 7) is 3.92. The number of aromatic hydroxyl groups is 1. The summed E-state index contributed by atoms with van der Waals surface area (Å²) in [4.78, 5) is 10.7. The summed E-state index contributed by atoms with van der Waals surface area (Å²) in [5.41, 5.74) is 2.19. The molecule has 0 spiro atoms. The fourth-order valence-corrected chi connectivity index (χ4v) is 1.42. The van der Waals surface area contributed by atoms with Crippen molar-refractivity contribution in [1.82, 2.24) is 0 Å². The fraction of sp³-hybridized carbons (Fsp3) is 0.364. The Labute approximate surface area is 78.2 Å². The lowest BCUT2D eigenvalue weighted by Crippen LogP contribution is -1.94. The number of aldehydes is 1. The highest BCUT2D eigenvalue weighted by atomic mass is 16.3. The zero-order valence-corrected chi connectivity index (χ0v) is 8.00. The van der Waals surface area contributed by atoms with Crippen LogP contribution in [0, 0.1) is 0 Å². The topological polar surface area (TPSA) is 37.3 Å². The monoisotopic (exact) mass is 178 g/mol. The molecule has 13 heavy (non-hydrogen) atoms. The van der Waals surface area contributed by atoms with E-state index in [2.05, 4.69) is 0 Å². The van der Waals surface area contributed by atoms with E-state index in [1.165, 1.54) is 0 Å². The second-order valence-corrected chi connectivity index (χ2v) is 2.97. The molecule has 0 saturated carbocycles. The van der Waals surface area contributed by atoms with Crippen LogP contribution >= 0.6 is 0 Å². The molecular formula is C11H14O2. The average Bonchev–Trinajstić information content (AvgIpc) is 2.17. The molecule has 0 amide bonds. The van der Waals surface area contributed by atoms with Gasteiger partial charge in [0.1, 0.15) is 5.75 Å². The lowest BCUT2D eigenvalue weighted by Gasteiger charge is -2.07. The Hall–Kier alpha value is -1.31. The maximum absolute atomic E-state index is 10.7. The summed E-state index contributed by atoms with van der Waals surface area (Å²) in [6.07, 6.45) is 2.25. The van der Waals surface area contributed by atoms with Gasteiger partial charge in [-0.25, -0.2) is 0 Å². The predicted molar refractivity (Wildman–Crippen MR) is 52.3 cm³/mol. The van der Waals surface area contributed by atoms with E-state index in [9.17, 15) is 9.90 Å². The van der Waals surface area contributed by atoms with Gasteiger partial charge in [-0.2, -0.15) is 0 Å². The van der Waals surface area contributed by atoms with Crippen LogP contribution in [0.4, 0.5) is 0 Å². The van der Waals surface area contributed by atoms with E-state index in [4.69, 9.17) is 0 Å². The van der Waals surface area contributed by atoms with Gasteiger partial charge in [0, 0.05) is 0 Å². The molecule has 2 heteroatoms. The first-order valence-corrected chi connectivity index (χ1v) is 4.53. The molecule has 0 heterocycles. The van der Waals surface area contributed by atoms with Crippen molar-refractivity contribution in [2.24, 2.45) is 0 Å². The largest absolute Gasteiger partial charge is 0.507 e. The zero-order chi connectivity index (χ0) is 9.84. The normalized spacial score (nSPS) is 10.0. The first-order valence-electron chi connectivity index (χ1n) is 4.53. The number of rotatable bonds is 3. The number of aryl methyl sites for hydroxylation is 2. The Morgan fingerprint density at radius 3 is 2.23 bits per heavy atom. The number of hydrogen-bond donors (Lipinski definition) is 1. The van der Waals surface area contributed by atoms with Gasteiger partial charge in [0.25, 0.3) is 0 Å². The van der Waals surface area contributed by atoms with Gasteiger partial charge in [-0.05, 0) is 24.0 Å². The van der Waals surface area contributed by atoms with Crippen molar-refractivity contribution in [2.75, 3.05) is 0 Å². The fourth-order valence-electron chi connectivity index (χ4n) is 1.42. The van der Waals surface area contributed by atoms with Crippen LogP contribution in [0.2, 0.25) is 0 Å². The van der Waals surface area contributed by atoms with Crippen molar-refractivity contribution in [3.8, 4) is 5.75 Å². The molecule has 0 bridgehead atoms. The van der Waals surface area contributed by atoms with Crippen LogP contribution in [0.1, 0.15) is 35.3 Å². The Morgan fingerprint density at radius 2 is 1.77 bits per heavy atom. The van der Waals surface area contributed by atoms with Crippen LogP contribution in [-0.2, 0) is 12.8 Å². The maximum atomic E-state index is 10.7. The molecule has 1 aromatic carbocycles. The molecule has 0 aliphatic heterocycles. The molecule has 2 nitrogen and oxygen atoms in total. The van der Waals surface area contributed by atoms with Crippen molar-refractivity contribution in [2.45, 2.75) is 26.7 Å². The minimum absolute atomic E-state index is 0.150. The SMILES string of the molecule is CCc1ccc(CC)c(C=O)c1O. The summed E-state index contributed by atoms with van der Waals surface area (Å²) in [5.74, 6) is 0.150. The second-order valence-electron chi connectivity index (χ2n) is 2.97. The van der Waals surface area contributed by atoms with Gasteiger partial charge < -0.3 is 5.11 Å². The summed E-state index contributed by atoms with van der Waals surface area (Å²) >= 11 is 0. The second kappa shape index (κ2) is 4.08. The lowest BCUT2D eigenvalue weighted by molar-refractivity contribution is 0.112. The average molecular weight is 178 g/mol. The molecule has 70 valence electrons. The summed E-state index contributed by atoms with van der Waals surface area (Å²) < 4.78 is 0. The van der Waals surface area contributed by atoms with Crippen LogP contribution in [0.3, 0.4) is 0 Å². The van der Waals surface area contributed by atoms with Gasteiger partial charge in [-0.15, -0.1) is 0 Å². The molecular weight excluding hydrogens is 164 g/mol. The third-order valence-electron chi connectivity index (χ3n) is 2.27. The van der Waals surface area contributed by atoms with E-state index in [0.29, 0.717) is 5.56 Å². The molecule has 1 aromatic rings. The van der Waals surface area contributed by atoms with Crippen molar-refractivity contribution < 1.29 is 9.90 Å². The Morgan fingerprint density at radius 1 is 1.23 bits per heavy atom. The third-order valence-corrected chi connectivity index (χ3v) is 2.27. The van der Waals surface area contributed by atoms with Gasteiger partial charge in [0.2, 0.25) is 0 Å². The van der Waals surface area contributed by atoms with E-state index < -0.39 is 0 Å². The molecule has 0 aliphatic rings. The van der Waals surface area contributed by atoms with Gasteiger partial charge in [0.15, 0.2) is 6.29 Å². The van der Waals surface area contributed by atoms with Gasteiger partial charge in [0.05, 0.1) is 5.56 Å². The van der Waals surface area contributed by atoms with E-state index in [-0.39, 0.29) is 5.75 Å². The van der Waals surface area contributed by atoms with Crippen molar-refractivity contribution in [1.29, 1.82) is 0 Å². The minimum Gasteiger partial charge on any atom is -0.507 e. The van der Waals surface area contributed by atoms with E-state index >= 15 is 0 Å². The molecule has 0 aromatic heterocycles. The van der Waals surface area contributed by atoms with Crippen molar-refractivity contribution in [3.63, 3.8) is 0 Å². The number of phenolic OH excluding ortho intramolecular Hbond substituents is 1. The summed E-state index contributed by atoms with van der Waals surface area (Å²) in [5, 5.41) is 9.67. The summed E-state index contributed by atoms with van der Waals surface area (Å²) in [6, 6.07) is 3.78. The van der Waals surface area contributed by atoms with Crippen molar-refractivity contribution in [3.05, 3.63) is 28.8 Å². The molecule has 0 aliphatic carbocycles. The van der Waals surface area contributed by atoms with Crippen molar-refractivity contribution >= 4 is 6.29 Å².